The van der Waals surface area contributed by atoms with Crippen LogP contribution in [-0.2, 0) is 6.42 Å². The lowest BCUT2D eigenvalue weighted by molar-refractivity contribution is 0.574. The quantitative estimate of drug-likeness (QED) is 0.515. The van der Waals surface area contributed by atoms with Gasteiger partial charge in [-0.15, -0.1) is 0 Å². The summed E-state index contributed by atoms with van der Waals surface area (Å²) >= 11 is 0. The Morgan fingerprint density at radius 1 is 0.800 bits per heavy atom. The fraction of sp³-hybridized carbons (Fsp3) is 0.526. The van der Waals surface area contributed by atoms with Crippen molar-refractivity contribution < 1.29 is 0 Å². The minimum Gasteiger partial charge on any atom is -0.261 e. The number of aryl methyl sites for hydroxylation is 1. The summed E-state index contributed by atoms with van der Waals surface area (Å²) in [5, 5.41) is 2.65. The maximum atomic E-state index is 4.57. The molecule has 2 rings (SSSR count). The molecule has 2 aromatic rings. The van der Waals surface area contributed by atoms with Gasteiger partial charge in [-0.25, -0.2) is 0 Å². The van der Waals surface area contributed by atoms with Crippen molar-refractivity contribution in [2.45, 2.75) is 64.7 Å². The number of aromatic nitrogens is 1. The second-order valence-electron chi connectivity index (χ2n) is 5.70. The molecule has 0 aliphatic carbocycles. The highest BCUT2D eigenvalue weighted by Gasteiger charge is 2.01. The van der Waals surface area contributed by atoms with E-state index in [2.05, 4.69) is 42.2 Å². The van der Waals surface area contributed by atoms with Crippen molar-refractivity contribution in [3.05, 3.63) is 42.2 Å². The Morgan fingerprint density at radius 2 is 1.50 bits per heavy atom. The van der Waals surface area contributed by atoms with Crippen molar-refractivity contribution in [2.75, 3.05) is 0 Å². The summed E-state index contributed by atoms with van der Waals surface area (Å²) in [7, 11) is 0. The van der Waals surface area contributed by atoms with E-state index in [4.69, 9.17) is 0 Å². The van der Waals surface area contributed by atoms with Crippen molar-refractivity contribution >= 4 is 10.8 Å². The smallest absolute Gasteiger partial charge is 0.0481 e. The van der Waals surface area contributed by atoms with Crippen LogP contribution in [0.25, 0.3) is 10.8 Å². The fourth-order valence-electron chi connectivity index (χ4n) is 2.81. The van der Waals surface area contributed by atoms with Crippen LogP contribution in [0.4, 0.5) is 0 Å². The largest absolute Gasteiger partial charge is 0.261 e. The van der Waals surface area contributed by atoms with Crippen LogP contribution in [0.3, 0.4) is 0 Å². The summed E-state index contributed by atoms with van der Waals surface area (Å²) in [6.45, 7) is 2.27. The number of rotatable bonds is 9. The molecule has 0 spiro atoms. The third-order valence-corrected chi connectivity index (χ3v) is 4.02. The van der Waals surface area contributed by atoms with Crippen LogP contribution in [-0.4, -0.2) is 4.98 Å². The minimum absolute atomic E-state index is 1.12. The summed E-state index contributed by atoms with van der Waals surface area (Å²) in [6.07, 6.45) is 14.1. The number of pyridine rings is 1. The van der Waals surface area contributed by atoms with E-state index in [1.165, 1.54) is 67.8 Å². The molecule has 0 amide bonds. The Balaban J connectivity index is 1.71. The van der Waals surface area contributed by atoms with E-state index in [0.717, 1.165) is 6.42 Å². The molecule has 0 N–H and O–H groups in total. The molecule has 0 bridgehead atoms. The fourth-order valence-corrected chi connectivity index (χ4v) is 2.81. The average Bonchev–Trinajstić information content (AvgIpc) is 2.50. The van der Waals surface area contributed by atoms with Gasteiger partial charge >= 0.3 is 0 Å². The second-order valence-corrected chi connectivity index (χ2v) is 5.70. The summed E-state index contributed by atoms with van der Waals surface area (Å²) in [5.74, 6) is 0. The first kappa shape index (κ1) is 15.0. The van der Waals surface area contributed by atoms with Gasteiger partial charge in [-0.05, 0) is 24.3 Å². The van der Waals surface area contributed by atoms with Crippen LogP contribution in [0.2, 0.25) is 0 Å². The molecule has 0 aliphatic heterocycles. The number of fused-ring (bicyclic) bond motifs is 1. The van der Waals surface area contributed by atoms with Crippen LogP contribution in [0.5, 0.6) is 0 Å². The second kappa shape index (κ2) is 8.73. The van der Waals surface area contributed by atoms with Crippen molar-refractivity contribution in [1.82, 2.24) is 4.98 Å². The van der Waals surface area contributed by atoms with E-state index in [-0.39, 0.29) is 0 Å². The van der Waals surface area contributed by atoms with E-state index in [1.807, 2.05) is 6.20 Å². The van der Waals surface area contributed by atoms with Crippen molar-refractivity contribution in [2.24, 2.45) is 0 Å². The van der Waals surface area contributed by atoms with Gasteiger partial charge in [-0.2, -0.15) is 0 Å². The number of unbranched alkanes of at least 4 members (excludes halogenated alkanes) is 7. The molecule has 0 atom stereocenters. The van der Waals surface area contributed by atoms with Crippen LogP contribution in [0.1, 0.15) is 64.0 Å². The molecular formula is C19H27N. The normalized spacial score (nSPS) is 11.1. The maximum Gasteiger partial charge on any atom is 0.0481 e. The topological polar surface area (TPSA) is 12.9 Å². The van der Waals surface area contributed by atoms with Gasteiger partial charge in [0.05, 0.1) is 0 Å². The molecule has 0 radical (unpaired) electrons. The SMILES string of the molecule is CCCCCCCCCCc1nccc2ccccc12. The highest BCUT2D eigenvalue weighted by molar-refractivity contribution is 5.84. The Hall–Kier alpha value is -1.37. The molecule has 0 unspecified atom stereocenters. The van der Waals surface area contributed by atoms with Gasteiger partial charge in [-0.3, -0.25) is 4.98 Å². The first-order valence-corrected chi connectivity index (χ1v) is 8.24. The molecule has 0 fully saturated rings. The van der Waals surface area contributed by atoms with Crippen LogP contribution in [0, 0.1) is 0 Å². The zero-order chi connectivity index (χ0) is 14.0. The Kier molecular flexibility index (Phi) is 6.56. The van der Waals surface area contributed by atoms with Crippen molar-refractivity contribution in [3.63, 3.8) is 0 Å². The van der Waals surface area contributed by atoms with E-state index >= 15 is 0 Å². The number of benzene rings is 1. The zero-order valence-electron chi connectivity index (χ0n) is 12.8. The van der Waals surface area contributed by atoms with Gasteiger partial charge in [0.2, 0.25) is 0 Å². The molecule has 20 heavy (non-hydrogen) atoms. The van der Waals surface area contributed by atoms with E-state index in [9.17, 15) is 0 Å². The summed E-state index contributed by atoms with van der Waals surface area (Å²) in [4.78, 5) is 4.57. The van der Waals surface area contributed by atoms with Crippen LogP contribution < -0.4 is 0 Å². The van der Waals surface area contributed by atoms with Crippen molar-refractivity contribution in [1.29, 1.82) is 0 Å². The lowest BCUT2D eigenvalue weighted by atomic mass is 10.0. The summed E-state index contributed by atoms with van der Waals surface area (Å²) < 4.78 is 0. The number of hydrogen-bond donors (Lipinski definition) is 0. The highest BCUT2D eigenvalue weighted by Crippen LogP contribution is 2.18. The van der Waals surface area contributed by atoms with Gasteiger partial charge in [0.15, 0.2) is 0 Å². The van der Waals surface area contributed by atoms with Crippen LogP contribution >= 0.6 is 0 Å². The third kappa shape index (κ3) is 4.63. The Labute approximate surface area is 123 Å². The third-order valence-electron chi connectivity index (χ3n) is 4.02. The molecule has 0 aliphatic rings. The molecular weight excluding hydrogens is 242 g/mol. The highest BCUT2D eigenvalue weighted by atomic mass is 14.7. The monoisotopic (exact) mass is 269 g/mol. The maximum absolute atomic E-state index is 4.57. The van der Waals surface area contributed by atoms with E-state index in [1.54, 1.807) is 0 Å². The molecule has 1 nitrogen and oxygen atoms in total. The number of hydrogen-bond acceptors (Lipinski definition) is 1. The average molecular weight is 269 g/mol. The van der Waals surface area contributed by atoms with E-state index in [0.29, 0.717) is 0 Å². The lowest BCUT2D eigenvalue weighted by Crippen LogP contribution is -1.92. The summed E-state index contributed by atoms with van der Waals surface area (Å²) in [6, 6.07) is 10.7. The predicted octanol–water partition coefficient (Wildman–Crippen LogP) is 5.92. The van der Waals surface area contributed by atoms with Crippen molar-refractivity contribution in [3.8, 4) is 0 Å². The van der Waals surface area contributed by atoms with Gasteiger partial charge in [0.25, 0.3) is 0 Å². The van der Waals surface area contributed by atoms with Gasteiger partial charge < -0.3 is 0 Å². The molecule has 1 aromatic heterocycles. The zero-order valence-corrected chi connectivity index (χ0v) is 12.8. The van der Waals surface area contributed by atoms with Gasteiger partial charge in [0, 0.05) is 17.3 Å². The summed E-state index contributed by atoms with van der Waals surface area (Å²) in [5.41, 5.74) is 1.27. The minimum atomic E-state index is 1.12. The van der Waals surface area contributed by atoms with Gasteiger partial charge in [0.1, 0.15) is 0 Å². The predicted molar refractivity (Wildman–Crippen MR) is 88.1 cm³/mol. The van der Waals surface area contributed by atoms with Gasteiger partial charge in [-0.1, -0.05) is 76.1 Å². The molecule has 0 saturated carbocycles. The first-order valence-electron chi connectivity index (χ1n) is 8.24. The molecule has 108 valence electrons. The van der Waals surface area contributed by atoms with E-state index < -0.39 is 0 Å². The Bertz CT molecular complexity index is 499. The first-order chi connectivity index (χ1) is 9.92. The molecule has 0 saturated heterocycles. The molecule has 1 aromatic carbocycles. The lowest BCUT2D eigenvalue weighted by Gasteiger charge is -2.05. The Morgan fingerprint density at radius 3 is 2.30 bits per heavy atom. The number of nitrogens with zero attached hydrogens (tertiary/aromatic N) is 1. The molecule has 1 heterocycles. The molecule has 1 heteroatoms. The standard InChI is InChI=1S/C19H27N/c1-2-3-4-5-6-7-8-9-14-19-18-13-11-10-12-17(18)15-16-20-19/h10-13,15-16H,2-9,14H2,1H3. The van der Waals surface area contributed by atoms with Crippen LogP contribution in [0.15, 0.2) is 36.5 Å².